The predicted octanol–water partition coefficient (Wildman–Crippen LogP) is 3.42. The second-order valence-electron chi connectivity index (χ2n) is 6.95. The zero-order valence-electron chi connectivity index (χ0n) is 17.3. The standard InChI is InChI=1S/C23H23FN4O3/c1-15(25)23(16(2)26-19-6-4-3-5-7-19)27-21(29)14-31-22(30)13-28-11-10-17-12-18(24)8-9-20(17)28/h3-12H,13-14,25H2,1-2H3,(H,27,29). The molecule has 0 aliphatic heterocycles. The lowest BCUT2D eigenvalue weighted by molar-refractivity contribution is -0.148. The molecule has 0 atom stereocenters. The van der Waals surface area contributed by atoms with Gasteiger partial charge in [-0.05, 0) is 50.2 Å². The quantitative estimate of drug-likeness (QED) is 0.450. The zero-order valence-corrected chi connectivity index (χ0v) is 17.3. The number of nitrogens with zero attached hydrogens (tertiary/aromatic N) is 2. The maximum absolute atomic E-state index is 13.3. The summed E-state index contributed by atoms with van der Waals surface area (Å²) in [6, 6.07) is 15.2. The first kappa shape index (κ1) is 21.8. The number of rotatable bonds is 7. The molecule has 0 saturated heterocycles. The fraction of sp³-hybridized carbons (Fsp3) is 0.174. The van der Waals surface area contributed by atoms with E-state index in [2.05, 4.69) is 10.3 Å². The number of amides is 1. The molecule has 1 amide bonds. The number of halogens is 1. The summed E-state index contributed by atoms with van der Waals surface area (Å²) in [7, 11) is 0. The van der Waals surface area contributed by atoms with Crippen LogP contribution in [0.1, 0.15) is 13.8 Å². The molecule has 1 heterocycles. The number of nitrogens with one attached hydrogen (secondary N) is 1. The lowest BCUT2D eigenvalue weighted by Gasteiger charge is -2.12. The molecule has 0 saturated carbocycles. The first-order valence-electron chi connectivity index (χ1n) is 9.60. The maximum Gasteiger partial charge on any atom is 0.326 e. The van der Waals surface area contributed by atoms with E-state index in [1.165, 1.54) is 12.1 Å². The normalized spacial score (nSPS) is 12.4. The molecule has 3 N–H and O–H groups in total. The van der Waals surface area contributed by atoms with Gasteiger partial charge in [-0.15, -0.1) is 0 Å². The van der Waals surface area contributed by atoms with Crippen molar-refractivity contribution in [2.45, 2.75) is 20.4 Å². The number of aliphatic imine (C=N–C) groups is 1. The molecule has 3 rings (SSSR count). The number of esters is 1. The number of nitrogens with two attached hydrogens (primary N) is 1. The number of fused-ring (bicyclic) bond motifs is 1. The lowest BCUT2D eigenvalue weighted by Crippen LogP contribution is -2.33. The van der Waals surface area contributed by atoms with E-state index in [0.29, 0.717) is 28.0 Å². The molecule has 2 aromatic carbocycles. The van der Waals surface area contributed by atoms with Crippen LogP contribution in [0.5, 0.6) is 0 Å². The van der Waals surface area contributed by atoms with Crippen LogP contribution in [0.4, 0.5) is 10.1 Å². The Kier molecular flexibility index (Phi) is 6.81. The fourth-order valence-electron chi connectivity index (χ4n) is 3.04. The number of hydrogen-bond acceptors (Lipinski definition) is 5. The van der Waals surface area contributed by atoms with Gasteiger partial charge in [0, 0.05) is 22.8 Å². The van der Waals surface area contributed by atoms with Crippen LogP contribution in [-0.2, 0) is 20.9 Å². The minimum Gasteiger partial charge on any atom is -0.454 e. The second-order valence-corrected chi connectivity index (χ2v) is 6.95. The second kappa shape index (κ2) is 9.71. The molecule has 0 spiro atoms. The van der Waals surface area contributed by atoms with Crippen molar-refractivity contribution in [3.05, 3.63) is 78.0 Å². The highest BCUT2D eigenvalue weighted by Gasteiger charge is 2.14. The van der Waals surface area contributed by atoms with Crippen LogP contribution in [0.2, 0.25) is 0 Å². The molecule has 0 radical (unpaired) electrons. The molecule has 3 aromatic rings. The van der Waals surface area contributed by atoms with E-state index in [9.17, 15) is 14.0 Å². The van der Waals surface area contributed by atoms with E-state index >= 15 is 0 Å². The molecule has 1 aromatic heterocycles. The van der Waals surface area contributed by atoms with E-state index in [1.54, 1.807) is 36.7 Å². The van der Waals surface area contributed by atoms with Crippen LogP contribution < -0.4 is 11.1 Å². The topological polar surface area (TPSA) is 98.7 Å². The van der Waals surface area contributed by atoms with Gasteiger partial charge in [-0.2, -0.15) is 0 Å². The largest absolute Gasteiger partial charge is 0.454 e. The number of allylic oxidation sites excluding steroid dienone is 2. The highest BCUT2D eigenvalue weighted by atomic mass is 19.1. The van der Waals surface area contributed by atoms with Gasteiger partial charge in [0.1, 0.15) is 12.4 Å². The summed E-state index contributed by atoms with van der Waals surface area (Å²) >= 11 is 0. The number of carbonyl (C=O) groups is 2. The predicted molar refractivity (Wildman–Crippen MR) is 117 cm³/mol. The van der Waals surface area contributed by atoms with E-state index < -0.39 is 18.5 Å². The van der Waals surface area contributed by atoms with Crippen molar-refractivity contribution < 1.29 is 18.7 Å². The molecule has 8 heteroatoms. The molecule has 0 bridgehead atoms. The van der Waals surface area contributed by atoms with Gasteiger partial charge in [-0.1, -0.05) is 18.2 Å². The smallest absolute Gasteiger partial charge is 0.326 e. The van der Waals surface area contributed by atoms with Gasteiger partial charge in [0.2, 0.25) is 0 Å². The molecule has 160 valence electrons. The summed E-state index contributed by atoms with van der Waals surface area (Å²) in [5.74, 6) is -1.48. The highest BCUT2D eigenvalue weighted by Crippen LogP contribution is 2.17. The summed E-state index contributed by atoms with van der Waals surface area (Å²) in [5, 5.41) is 3.32. The van der Waals surface area contributed by atoms with E-state index in [4.69, 9.17) is 10.5 Å². The number of benzene rings is 2. The Labute approximate surface area is 179 Å². The number of para-hydroxylation sites is 1. The lowest BCUT2D eigenvalue weighted by atomic mass is 10.2. The van der Waals surface area contributed by atoms with Gasteiger partial charge >= 0.3 is 5.97 Å². The molecule has 0 unspecified atom stereocenters. The number of ether oxygens (including phenoxy) is 1. The Bertz CT molecular complexity index is 1160. The number of carbonyl (C=O) groups excluding carboxylic acids is 2. The van der Waals surface area contributed by atoms with Crippen LogP contribution in [-0.4, -0.2) is 28.8 Å². The van der Waals surface area contributed by atoms with Crippen LogP contribution >= 0.6 is 0 Å². The molecule has 31 heavy (non-hydrogen) atoms. The minimum absolute atomic E-state index is 0.102. The van der Waals surface area contributed by atoms with E-state index in [-0.39, 0.29) is 12.4 Å². The number of hydrogen-bond donors (Lipinski definition) is 2. The van der Waals surface area contributed by atoms with Crippen molar-refractivity contribution >= 4 is 34.2 Å². The third kappa shape index (κ3) is 5.79. The molecule has 7 nitrogen and oxygen atoms in total. The van der Waals surface area contributed by atoms with Crippen molar-refractivity contribution in [3.63, 3.8) is 0 Å². The van der Waals surface area contributed by atoms with Gasteiger partial charge < -0.3 is 20.4 Å². The molecular formula is C23H23FN4O3. The van der Waals surface area contributed by atoms with Crippen molar-refractivity contribution in [2.75, 3.05) is 6.61 Å². The average Bonchev–Trinajstić information content (AvgIpc) is 3.12. The molecule has 0 fully saturated rings. The summed E-state index contributed by atoms with van der Waals surface area (Å²) in [6.07, 6.45) is 1.66. The SMILES string of the molecule is CC(=Nc1ccccc1)C(NC(=O)COC(=O)Cn1ccc2cc(F)ccc21)=C(C)N. The van der Waals surface area contributed by atoms with E-state index in [0.717, 1.165) is 5.69 Å². The molecule has 0 aliphatic rings. The zero-order chi connectivity index (χ0) is 22.4. The number of aromatic nitrogens is 1. The Balaban J connectivity index is 1.58. The molecular weight excluding hydrogens is 399 g/mol. The monoisotopic (exact) mass is 422 g/mol. The Hall–Kier alpha value is -3.94. The van der Waals surface area contributed by atoms with Crippen LogP contribution in [0, 0.1) is 5.82 Å². The van der Waals surface area contributed by atoms with Gasteiger partial charge in [0.25, 0.3) is 5.91 Å². The third-order valence-corrected chi connectivity index (χ3v) is 4.47. The Morgan fingerprint density at radius 1 is 1.13 bits per heavy atom. The first-order chi connectivity index (χ1) is 14.8. The van der Waals surface area contributed by atoms with E-state index in [1.807, 2.05) is 30.3 Å². The van der Waals surface area contributed by atoms with Crippen molar-refractivity contribution in [1.29, 1.82) is 0 Å². The van der Waals surface area contributed by atoms with Gasteiger partial charge in [0.05, 0.1) is 17.1 Å². The van der Waals surface area contributed by atoms with Crippen LogP contribution in [0.25, 0.3) is 10.9 Å². The first-order valence-corrected chi connectivity index (χ1v) is 9.60. The molecule has 0 aliphatic carbocycles. The van der Waals surface area contributed by atoms with Gasteiger partial charge in [0.15, 0.2) is 6.61 Å². The van der Waals surface area contributed by atoms with Crippen molar-refractivity contribution in [1.82, 2.24) is 9.88 Å². The third-order valence-electron chi connectivity index (χ3n) is 4.47. The van der Waals surface area contributed by atoms with Gasteiger partial charge in [-0.25, -0.2) is 4.39 Å². The summed E-state index contributed by atoms with van der Waals surface area (Å²) in [6.45, 7) is 2.80. The maximum atomic E-state index is 13.3. The Morgan fingerprint density at radius 2 is 1.87 bits per heavy atom. The Morgan fingerprint density at radius 3 is 2.58 bits per heavy atom. The summed E-state index contributed by atoms with van der Waals surface area (Å²) in [5.41, 5.74) is 8.58. The summed E-state index contributed by atoms with van der Waals surface area (Å²) in [4.78, 5) is 28.9. The minimum atomic E-state index is -0.596. The van der Waals surface area contributed by atoms with Crippen LogP contribution in [0.15, 0.2) is 77.2 Å². The summed E-state index contributed by atoms with van der Waals surface area (Å²) < 4.78 is 20.0. The van der Waals surface area contributed by atoms with Crippen molar-refractivity contribution in [2.24, 2.45) is 10.7 Å². The van der Waals surface area contributed by atoms with Gasteiger partial charge in [-0.3, -0.25) is 14.6 Å². The van der Waals surface area contributed by atoms with Crippen LogP contribution in [0.3, 0.4) is 0 Å². The average molecular weight is 422 g/mol. The van der Waals surface area contributed by atoms with Crippen molar-refractivity contribution in [3.8, 4) is 0 Å². The highest BCUT2D eigenvalue weighted by molar-refractivity contribution is 6.03. The fourth-order valence-corrected chi connectivity index (χ4v) is 3.04.